The first kappa shape index (κ1) is 14.3. The highest BCUT2D eigenvalue weighted by Crippen LogP contribution is 2.32. The molecule has 1 saturated heterocycles. The van der Waals surface area contributed by atoms with Crippen LogP contribution in [0.25, 0.3) is 0 Å². The van der Waals surface area contributed by atoms with Crippen LogP contribution in [0.1, 0.15) is 39.5 Å². The predicted molar refractivity (Wildman–Crippen MR) is 73.4 cm³/mol. The Morgan fingerprint density at radius 2 is 1.63 bits per heavy atom. The van der Waals surface area contributed by atoms with Crippen LogP contribution in [0.5, 0.6) is 0 Å². The van der Waals surface area contributed by atoms with Gasteiger partial charge >= 0.3 is 0 Å². The maximum atomic E-state index is 12.2. The van der Waals surface area contributed by atoms with Gasteiger partial charge in [-0.15, -0.1) is 0 Å². The number of piperazine rings is 1. The van der Waals surface area contributed by atoms with Crippen molar-refractivity contribution in [3.63, 3.8) is 0 Å². The molecule has 5 heteroatoms. The van der Waals surface area contributed by atoms with E-state index in [1.807, 2.05) is 23.6 Å². The van der Waals surface area contributed by atoms with Crippen molar-refractivity contribution in [2.45, 2.75) is 45.1 Å². The minimum atomic E-state index is -0.248. The molecule has 2 amide bonds. The van der Waals surface area contributed by atoms with E-state index < -0.39 is 0 Å². The van der Waals surface area contributed by atoms with E-state index in [0.29, 0.717) is 32.6 Å². The molecule has 2 rings (SSSR count). The lowest BCUT2D eigenvalue weighted by Crippen LogP contribution is -2.55. The second kappa shape index (κ2) is 5.49. The average molecular weight is 267 g/mol. The minimum absolute atomic E-state index is 0.0320. The highest BCUT2D eigenvalue weighted by Gasteiger charge is 2.36. The van der Waals surface area contributed by atoms with Gasteiger partial charge in [0.2, 0.25) is 11.8 Å². The second-order valence-electron chi connectivity index (χ2n) is 6.25. The van der Waals surface area contributed by atoms with Gasteiger partial charge in [0.05, 0.1) is 0 Å². The molecule has 2 fully saturated rings. The lowest BCUT2D eigenvalue weighted by molar-refractivity contribution is -0.142. The van der Waals surface area contributed by atoms with Crippen molar-refractivity contribution < 1.29 is 9.59 Å². The van der Waals surface area contributed by atoms with Crippen LogP contribution in [0.2, 0.25) is 0 Å². The van der Waals surface area contributed by atoms with E-state index in [0.717, 1.165) is 19.3 Å². The predicted octanol–water partition coefficient (Wildman–Crippen LogP) is 0.585. The summed E-state index contributed by atoms with van der Waals surface area (Å²) in [6.45, 7) is 6.42. The first-order valence-corrected chi connectivity index (χ1v) is 7.27. The number of rotatable bonds is 3. The zero-order valence-electron chi connectivity index (χ0n) is 12.0. The zero-order chi connectivity index (χ0) is 14.0. The van der Waals surface area contributed by atoms with Crippen LogP contribution in [0, 0.1) is 5.92 Å². The summed E-state index contributed by atoms with van der Waals surface area (Å²) in [4.78, 5) is 27.7. The molecule has 0 aromatic heterocycles. The van der Waals surface area contributed by atoms with Crippen molar-refractivity contribution in [1.82, 2.24) is 9.80 Å². The Hall–Kier alpha value is -1.10. The van der Waals surface area contributed by atoms with Crippen molar-refractivity contribution >= 4 is 11.8 Å². The third-order valence-corrected chi connectivity index (χ3v) is 4.29. The maximum Gasteiger partial charge on any atom is 0.225 e. The van der Waals surface area contributed by atoms with Gasteiger partial charge in [0.25, 0.3) is 0 Å². The van der Waals surface area contributed by atoms with Crippen LogP contribution >= 0.6 is 0 Å². The standard InChI is InChI=1S/C14H25N3O2/c1-11(2)13(19)17-8-6-16(7-9-17)12(18)10-14(15)4-3-5-14/h11H,3-10,15H2,1-2H3. The van der Waals surface area contributed by atoms with Gasteiger partial charge in [-0.3, -0.25) is 9.59 Å². The first-order chi connectivity index (χ1) is 8.91. The summed E-state index contributed by atoms with van der Waals surface area (Å²) >= 11 is 0. The summed E-state index contributed by atoms with van der Waals surface area (Å²) < 4.78 is 0. The van der Waals surface area contributed by atoms with Crippen LogP contribution in [-0.2, 0) is 9.59 Å². The Balaban J connectivity index is 1.79. The number of hydrogen-bond acceptors (Lipinski definition) is 3. The van der Waals surface area contributed by atoms with Crippen molar-refractivity contribution in [3.05, 3.63) is 0 Å². The van der Waals surface area contributed by atoms with Gasteiger partial charge in [-0.2, -0.15) is 0 Å². The van der Waals surface area contributed by atoms with Gasteiger partial charge in [0.1, 0.15) is 0 Å². The van der Waals surface area contributed by atoms with Crippen molar-refractivity contribution in [3.8, 4) is 0 Å². The van der Waals surface area contributed by atoms with Crippen LogP contribution < -0.4 is 5.73 Å². The summed E-state index contributed by atoms with van der Waals surface area (Å²) in [5.41, 5.74) is 5.87. The Bertz CT molecular complexity index is 356. The van der Waals surface area contributed by atoms with E-state index >= 15 is 0 Å². The molecule has 0 bridgehead atoms. The van der Waals surface area contributed by atoms with Gasteiger partial charge in [0, 0.05) is 44.1 Å². The fourth-order valence-corrected chi connectivity index (χ4v) is 2.76. The lowest BCUT2D eigenvalue weighted by Gasteiger charge is -2.41. The molecule has 2 aliphatic rings. The first-order valence-electron chi connectivity index (χ1n) is 7.27. The van der Waals surface area contributed by atoms with E-state index in [2.05, 4.69) is 0 Å². The fraction of sp³-hybridized carbons (Fsp3) is 0.857. The van der Waals surface area contributed by atoms with E-state index in [1.165, 1.54) is 0 Å². The van der Waals surface area contributed by atoms with Gasteiger partial charge in [-0.05, 0) is 19.3 Å². The quantitative estimate of drug-likeness (QED) is 0.813. The molecule has 1 heterocycles. The number of nitrogens with two attached hydrogens (primary N) is 1. The molecule has 19 heavy (non-hydrogen) atoms. The molecular weight excluding hydrogens is 242 g/mol. The molecule has 0 unspecified atom stereocenters. The third kappa shape index (κ3) is 3.26. The Kier molecular flexibility index (Phi) is 4.13. The van der Waals surface area contributed by atoms with Gasteiger partial charge < -0.3 is 15.5 Å². The number of carbonyl (C=O) groups is 2. The number of nitrogens with zero attached hydrogens (tertiary/aromatic N) is 2. The largest absolute Gasteiger partial charge is 0.339 e. The zero-order valence-corrected chi connectivity index (χ0v) is 12.0. The molecule has 5 nitrogen and oxygen atoms in total. The van der Waals surface area contributed by atoms with Crippen LogP contribution in [-0.4, -0.2) is 53.3 Å². The molecule has 2 N–H and O–H groups in total. The van der Waals surface area contributed by atoms with E-state index in [9.17, 15) is 9.59 Å². The molecule has 0 radical (unpaired) electrons. The highest BCUT2D eigenvalue weighted by atomic mass is 16.2. The van der Waals surface area contributed by atoms with Crippen molar-refractivity contribution in [2.75, 3.05) is 26.2 Å². The molecule has 0 spiro atoms. The summed E-state index contributed by atoms with van der Waals surface area (Å²) in [6.07, 6.45) is 3.53. The highest BCUT2D eigenvalue weighted by molar-refractivity contribution is 5.80. The summed E-state index contributed by atoms with van der Waals surface area (Å²) in [5.74, 6) is 0.366. The number of hydrogen-bond donors (Lipinski definition) is 1. The van der Waals surface area contributed by atoms with Crippen molar-refractivity contribution in [2.24, 2.45) is 11.7 Å². The SMILES string of the molecule is CC(C)C(=O)N1CCN(C(=O)CC2(N)CCC2)CC1. The van der Waals surface area contributed by atoms with Crippen LogP contribution in [0.15, 0.2) is 0 Å². The summed E-state index contributed by atoms with van der Waals surface area (Å²) in [6, 6.07) is 0. The van der Waals surface area contributed by atoms with Gasteiger partial charge in [-0.1, -0.05) is 13.8 Å². The number of carbonyl (C=O) groups excluding carboxylic acids is 2. The maximum absolute atomic E-state index is 12.2. The molecule has 108 valence electrons. The van der Waals surface area contributed by atoms with Crippen molar-refractivity contribution in [1.29, 1.82) is 0 Å². The molecular formula is C14H25N3O2. The minimum Gasteiger partial charge on any atom is -0.339 e. The lowest BCUT2D eigenvalue weighted by atomic mass is 9.75. The van der Waals surface area contributed by atoms with Gasteiger partial charge in [-0.25, -0.2) is 0 Å². The average Bonchev–Trinajstić information content (AvgIpc) is 2.36. The Morgan fingerprint density at radius 3 is 2.05 bits per heavy atom. The molecule has 1 aliphatic carbocycles. The van der Waals surface area contributed by atoms with Crippen LogP contribution in [0.4, 0.5) is 0 Å². The Labute approximate surface area is 115 Å². The van der Waals surface area contributed by atoms with E-state index in [1.54, 1.807) is 0 Å². The smallest absolute Gasteiger partial charge is 0.225 e. The topological polar surface area (TPSA) is 66.6 Å². The molecule has 1 saturated carbocycles. The fourth-order valence-electron chi connectivity index (χ4n) is 2.76. The normalized spacial score (nSPS) is 22.3. The molecule has 1 aliphatic heterocycles. The summed E-state index contributed by atoms with van der Waals surface area (Å²) in [7, 11) is 0. The molecule has 0 aromatic carbocycles. The molecule has 0 aromatic rings. The summed E-state index contributed by atoms with van der Waals surface area (Å²) in [5, 5.41) is 0. The van der Waals surface area contributed by atoms with Gasteiger partial charge in [0.15, 0.2) is 0 Å². The van der Waals surface area contributed by atoms with E-state index in [-0.39, 0.29) is 23.3 Å². The monoisotopic (exact) mass is 267 g/mol. The molecule has 0 atom stereocenters. The van der Waals surface area contributed by atoms with E-state index in [4.69, 9.17) is 5.73 Å². The Morgan fingerprint density at radius 1 is 1.11 bits per heavy atom. The van der Waals surface area contributed by atoms with Crippen LogP contribution in [0.3, 0.4) is 0 Å². The third-order valence-electron chi connectivity index (χ3n) is 4.29. The second-order valence-corrected chi connectivity index (χ2v) is 6.25. The number of amides is 2.